The van der Waals surface area contributed by atoms with Crippen molar-refractivity contribution in [1.82, 2.24) is 4.72 Å². The van der Waals surface area contributed by atoms with Crippen LogP contribution in [0.1, 0.15) is 105 Å². The molecule has 5 rings (SSSR count). The molecule has 3 saturated carbocycles. The van der Waals surface area contributed by atoms with Gasteiger partial charge in [0.1, 0.15) is 6.10 Å². The van der Waals surface area contributed by atoms with Crippen molar-refractivity contribution < 1.29 is 17.9 Å². The Bertz CT molecular complexity index is 1410. The van der Waals surface area contributed by atoms with Gasteiger partial charge in [-0.1, -0.05) is 83.0 Å². The second kappa shape index (κ2) is 13.4. The maximum absolute atomic E-state index is 12.5. The molecule has 45 heavy (non-hydrogen) atoms. The van der Waals surface area contributed by atoms with Gasteiger partial charge in [-0.15, -0.1) is 0 Å². The van der Waals surface area contributed by atoms with Crippen LogP contribution in [0.15, 0.2) is 65.3 Å². The van der Waals surface area contributed by atoms with Gasteiger partial charge in [0.25, 0.3) is 15.9 Å². The summed E-state index contributed by atoms with van der Waals surface area (Å²) in [6.45, 7) is 16.5. The van der Waals surface area contributed by atoms with Gasteiger partial charge in [0, 0.05) is 12.5 Å². The van der Waals surface area contributed by atoms with E-state index < -0.39 is 15.9 Å². The summed E-state index contributed by atoms with van der Waals surface area (Å²) in [5, 5.41) is 0. The third-order valence-corrected chi connectivity index (χ3v) is 14.2. The molecular weight excluding hydrogens is 578 g/mol. The van der Waals surface area contributed by atoms with Crippen molar-refractivity contribution in [2.45, 2.75) is 117 Å². The smallest absolute Gasteiger partial charge is 0.264 e. The number of carbonyl (C=O) groups is 1. The zero-order chi connectivity index (χ0) is 32.6. The molecule has 1 N–H and O–H groups in total. The molecule has 0 aliphatic heterocycles. The number of rotatable bonds is 10. The highest BCUT2D eigenvalue weighted by Gasteiger charge is 2.59. The SMILES string of the molecule is CC[C@H](/C=C/[C@@H](C)[C@H]1CC[C@H]2[C@@H]3CC=C4C[C@@H](O/C=C/C(=O)NS(=O)(=O)c5ccc(C)cc5)CC[C@]4(C)[C@H]3CC[C@]12C)C(C)C. The van der Waals surface area contributed by atoms with E-state index in [1.807, 2.05) is 6.92 Å². The lowest BCUT2D eigenvalue weighted by Gasteiger charge is -2.58. The van der Waals surface area contributed by atoms with Crippen molar-refractivity contribution in [3.63, 3.8) is 0 Å². The Morgan fingerprint density at radius 2 is 1.76 bits per heavy atom. The van der Waals surface area contributed by atoms with E-state index in [2.05, 4.69) is 64.5 Å². The molecule has 4 aliphatic rings. The molecule has 0 aromatic heterocycles. The number of sulfonamides is 1. The van der Waals surface area contributed by atoms with Crippen molar-refractivity contribution in [3.8, 4) is 0 Å². The Balaban J connectivity index is 1.19. The maximum atomic E-state index is 12.5. The van der Waals surface area contributed by atoms with Crippen LogP contribution in [-0.2, 0) is 19.6 Å². The van der Waals surface area contributed by atoms with Crippen molar-refractivity contribution >= 4 is 15.9 Å². The molecule has 5 nitrogen and oxygen atoms in total. The number of hydrogen-bond acceptors (Lipinski definition) is 4. The minimum atomic E-state index is -3.92. The summed E-state index contributed by atoms with van der Waals surface area (Å²) >= 11 is 0. The van der Waals surface area contributed by atoms with E-state index in [-0.39, 0.29) is 16.4 Å². The Hall–Kier alpha value is -2.34. The van der Waals surface area contributed by atoms with Crippen molar-refractivity contribution in [3.05, 3.63) is 66.0 Å². The maximum Gasteiger partial charge on any atom is 0.264 e. The van der Waals surface area contributed by atoms with E-state index in [9.17, 15) is 13.2 Å². The lowest BCUT2D eigenvalue weighted by atomic mass is 9.47. The van der Waals surface area contributed by atoms with Gasteiger partial charge in [-0.2, -0.15) is 0 Å². The highest BCUT2D eigenvalue weighted by molar-refractivity contribution is 7.90. The van der Waals surface area contributed by atoms with Crippen LogP contribution in [0.3, 0.4) is 0 Å². The van der Waals surface area contributed by atoms with Crippen molar-refractivity contribution in [2.75, 3.05) is 0 Å². The molecular formula is C39H57NO4S. The predicted molar refractivity (Wildman–Crippen MR) is 183 cm³/mol. The minimum Gasteiger partial charge on any atom is -0.497 e. The van der Waals surface area contributed by atoms with Gasteiger partial charge in [-0.05, 0) is 123 Å². The molecule has 9 atom stereocenters. The molecule has 0 bridgehead atoms. The van der Waals surface area contributed by atoms with Gasteiger partial charge in [-0.3, -0.25) is 4.79 Å². The van der Waals surface area contributed by atoms with Crippen molar-refractivity contribution in [1.29, 1.82) is 0 Å². The lowest BCUT2D eigenvalue weighted by molar-refractivity contribution is -0.115. The third kappa shape index (κ3) is 6.87. The monoisotopic (exact) mass is 635 g/mol. The number of hydrogen-bond donors (Lipinski definition) is 1. The summed E-state index contributed by atoms with van der Waals surface area (Å²) in [4.78, 5) is 12.5. The van der Waals surface area contributed by atoms with Crippen LogP contribution in [-0.4, -0.2) is 20.4 Å². The van der Waals surface area contributed by atoms with Crippen molar-refractivity contribution in [2.24, 2.45) is 52.3 Å². The molecule has 0 saturated heterocycles. The fourth-order valence-electron chi connectivity index (χ4n) is 10.1. The average molecular weight is 636 g/mol. The summed E-state index contributed by atoms with van der Waals surface area (Å²) in [7, 11) is -3.92. The molecule has 1 aromatic rings. The number of benzene rings is 1. The van der Waals surface area contributed by atoms with Gasteiger partial charge in [0.15, 0.2) is 0 Å². The fourth-order valence-corrected chi connectivity index (χ4v) is 11.0. The van der Waals surface area contributed by atoms with Crippen LogP contribution in [0.2, 0.25) is 0 Å². The van der Waals surface area contributed by atoms with Crippen LogP contribution < -0.4 is 4.72 Å². The van der Waals surface area contributed by atoms with Gasteiger partial charge < -0.3 is 4.74 Å². The van der Waals surface area contributed by atoms with Gasteiger partial charge in [-0.25, -0.2) is 13.1 Å². The molecule has 248 valence electrons. The summed E-state index contributed by atoms with van der Waals surface area (Å²) in [5.74, 6) is 4.42. The highest BCUT2D eigenvalue weighted by atomic mass is 32.2. The third-order valence-electron chi connectivity index (χ3n) is 12.8. The van der Waals surface area contributed by atoms with Gasteiger partial charge in [0.05, 0.1) is 11.2 Å². The summed E-state index contributed by atoms with van der Waals surface area (Å²) in [6, 6.07) is 6.42. The minimum absolute atomic E-state index is 0.00812. The molecule has 0 radical (unpaired) electrons. The molecule has 1 aromatic carbocycles. The first kappa shape index (κ1) is 34.0. The Morgan fingerprint density at radius 3 is 2.44 bits per heavy atom. The van der Waals surface area contributed by atoms with E-state index in [0.717, 1.165) is 48.5 Å². The zero-order valence-corrected chi connectivity index (χ0v) is 29.5. The molecule has 6 heteroatoms. The largest absolute Gasteiger partial charge is 0.497 e. The zero-order valence-electron chi connectivity index (χ0n) is 28.7. The van der Waals surface area contributed by atoms with Crippen LogP contribution in [0.25, 0.3) is 0 Å². The lowest BCUT2D eigenvalue weighted by Crippen LogP contribution is -2.50. The Labute approximate surface area is 273 Å². The van der Waals surface area contributed by atoms with Gasteiger partial charge in [0.2, 0.25) is 0 Å². The number of fused-ring (bicyclic) bond motifs is 5. The summed E-state index contributed by atoms with van der Waals surface area (Å²) < 4.78 is 33.2. The van der Waals surface area contributed by atoms with Crippen LogP contribution in [0.4, 0.5) is 0 Å². The molecule has 0 heterocycles. The first-order valence-corrected chi connectivity index (χ1v) is 19.1. The van der Waals surface area contributed by atoms with Gasteiger partial charge >= 0.3 is 0 Å². The number of nitrogens with one attached hydrogen (secondary N) is 1. The molecule has 0 unspecified atom stereocenters. The van der Waals surface area contributed by atoms with Crippen LogP contribution >= 0.6 is 0 Å². The molecule has 0 spiro atoms. The van der Waals surface area contributed by atoms with E-state index >= 15 is 0 Å². The molecule has 3 fully saturated rings. The number of aryl methyl sites for hydroxylation is 1. The van der Waals surface area contributed by atoms with E-state index in [1.54, 1.807) is 12.1 Å². The van der Waals surface area contributed by atoms with Crippen LogP contribution in [0, 0.1) is 59.2 Å². The summed E-state index contributed by atoms with van der Waals surface area (Å²) in [5.41, 5.74) is 3.15. The molecule has 1 amide bonds. The molecule has 4 aliphatic carbocycles. The summed E-state index contributed by atoms with van der Waals surface area (Å²) in [6.07, 6.45) is 21.0. The normalized spacial score (nSPS) is 34.6. The van der Waals surface area contributed by atoms with E-state index in [0.29, 0.717) is 23.2 Å². The topological polar surface area (TPSA) is 72.5 Å². The number of carbonyl (C=O) groups excluding carboxylic acids is 1. The average Bonchev–Trinajstić information content (AvgIpc) is 3.34. The van der Waals surface area contributed by atoms with E-state index in [1.165, 1.54) is 68.6 Å². The van der Waals surface area contributed by atoms with E-state index in [4.69, 9.17) is 4.74 Å². The number of ether oxygens (including phenoxy) is 1. The Morgan fingerprint density at radius 1 is 1.02 bits per heavy atom. The van der Waals surface area contributed by atoms with Crippen LogP contribution in [0.5, 0.6) is 0 Å². The highest BCUT2D eigenvalue weighted by Crippen LogP contribution is 2.67. The second-order valence-corrected chi connectivity index (χ2v) is 17.3. The predicted octanol–water partition coefficient (Wildman–Crippen LogP) is 9.15. The standard InChI is InChI=1S/C39H57NO4S/c1-8-29(26(2)3)12-11-28(5)34-17-18-35-33-16-13-30-25-31(19-22-38(30,6)36(33)20-23-39(34,35)7)44-24-21-37(41)40-45(42,43)32-14-9-27(4)10-15-32/h9-15,21,24,26,28-29,31,33-36H,8,16-20,22-23,25H2,1-7H3,(H,40,41)/b12-11+,24-21+/t28-,29-,31+,33+,34-,35+,36+,38+,39-/m1/s1. The first-order chi connectivity index (χ1) is 21.3. The number of amides is 1. The quantitative estimate of drug-likeness (QED) is 0.158. The first-order valence-electron chi connectivity index (χ1n) is 17.6. The second-order valence-electron chi connectivity index (χ2n) is 15.6. The Kier molecular flexibility index (Phi) is 10.1. The number of allylic oxidation sites excluding steroid dienone is 3. The fraction of sp³-hybridized carbons (Fsp3) is 0.667.